The Hall–Kier alpha value is -1.67. The van der Waals surface area contributed by atoms with Crippen LogP contribution in [0.3, 0.4) is 0 Å². The van der Waals surface area contributed by atoms with Crippen molar-refractivity contribution in [2.75, 3.05) is 30.6 Å². The Labute approximate surface area is 129 Å². The molecular weight excluding hydrogens is 309 g/mol. The number of anilines is 1. The van der Waals surface area contributed by atoms with Crippen molar-refractivity contribution in [2.45, 2.75) is 12.8 Å². The van der Waals surface area contributed by atoms with Gasteiger partial charge in [0.1, 0.15) is 5.82 Å². The van der Waals surface area contributed by atoms with Crippen LogP contribution in [0.2, 0.25) is 0 Å². The number of carbonyl (C=O) groups is 1. The summed E-state index contributed by atoms with van der Waals surface area (Å²) in [6.07, 6.45) is 2.89. The summed E-state index contributed by atoms with van der Waals surface area (Å²) in [5.41, 5.74) is 0.0545. The van der Waals surface area contributed by atoms with Crippen molar-refractivity contribution in [3.63, 3.8) is 0 Å². The maximum Gasteiger partial charge on any atom is 0.253 e. The SMILES string of the molecule is CS(=O)(=O)Nc1ccc(F)cc1C(=O)NCCC1CCNC1. The maximum atomic E-state index is 13.3. The topological polar surface area (TPSA) is 87.3 Å². The predicted octanol–water partition coefficient (Wildman–Crippen LogP) is 0.927. The zero-order valence-electron chi connectivity index (χ0n) is 12.4. The lowest BCUT2D eigenvalue weighted by Gasteiger charge is -2.12. The van der Waals surface area contributed by atoms with Crippen molar-refractivity contribution >= 4 is 21.6 Å². The average Bonchev–Trinajstić information content (AvgIpc) is 2.92. The summed E-state index contributed by atoms with van der Waals surface area (Å²) in [4.78, 5) is 12.1. The lowest BCUT2D eigenvalue weighted by Crippen LogP contribution is -2.27. The van der Waals surface area contributed by atoms with Crippen molar-refractivity contribution in [3.05, 3.63) is 29.6 Å². The molecule has 0 aliphatic carbocycles. The van der Waals surface area contributed by atoms with Crippen LogP contribution >= 0.6 is 0 Å². The van der Waals surface area contributed by atoms with Crippen LogP contribution in [0.15, 0.2) is 18.2 Å². The van der Waals surface area contributed by atoms with Gasteiger partial charge in [-0.25, -0.2) is 12.8 Å². The van der Waals surface area contributed by atoms with Gasteiger partial charge in [0.2, 0.25) is 10.0 Å². The van der Waals surface area contributed by atoms with E-state index in [0.717, 1.165) is 44.3 Å². The van der Waals surface area contributed by atoms with Crippen molar-refractivity contribution in [1.82, 2.24) is 10.6 Å². The van der Waals surface area contributed by atoms with Crippen LogP contribution in [0, 0.1) is 11.7 Å². The molecule has 1 atom stereocenters. The Morgan fingerprint density at radius 3 is 2.86 bits per heavy atom. The highest BCUT2D eigenvalue weighted by Gasteiger charge is 2.17. The van der Waals surface area contributed by atoms with Crippen molar-refractivity contribution < 1.29 is 17.6 Å². The Bertz CT molecular complexity index is 643. The van der Waals surface area contributed by atoms with E-state index in [4.69, 9.17) is 0 Å². The van der Waals surface area contributed by atoms with E-state index in [1.165, 1.54) is 6.07 Å². The molecule has 3 N–H and O–H groups in total. The third kappa shape index (κ3) is 4.96. The fraction of sp³-hybridized carbons (Fsp3) is 0.500. The lowest BCUT2D eigenvalue weighted by molar-refractivity contribution is 0.0952. The third-order valence-corrected chi connectivity index (χ3v) is 4.11. The molecular formula is C14H20FN3O3S. The Balaban J connectivity index is 2.02. The van der Waals surface area contributed by atoms with Crippen molar-refractivity contribution in [1.29, 1.82) is 0 Å². The summed E-state index contributed by atoms with van der Waals surface area (Å²) in [7, 11) is -3.54. The number of benzene rings is 1. The Kier molecular flexibility index (Phi) is 5.36. The molecule has 0 bridgehead atoms. The van der Waals surface area contributed by atoms with Gasteiger partial charge in [-0.1, -0.05) is 0 Å². The molecule has 22 heavy (non-hydrogen) atoms. The van der Waals surface area contributed by atoms with Crippen LogP contribution in [0.5, 0.6) is 0 Å². The van der Waals surface area contributed by atoms with E-state index < -0.39 is 21.7 Å². The molecule has 122 valence electrons. The van der Waals surface area contributed by atoms with E-state index in [2.05, 4.69) is 15.4 Å². The lowest BCUT2D eigenvalue weighted by atomic mass is 10.1. The Morgan fingerprint density at radius 2 is 2.23 bits per heavy atom. The first kappa shape index (κ1) is 16.7. The van der Waals surface area contributed by atoms with E-state index in [0.29, 0.717) is 12.5 Å². The van der Waals surface area contributed by atoms with Gasteiger partial charge in [0.05, 0.1) is 17.5 Å². The molecule has 1 aliphatic heterocycles. The molecule has 1 aliphatic rings. The fourth-order valence-corrected chi connectivity index (χ4v) is 3.02. The largest absolute Gasteiger partial charge is 0.352 e. The van der Waals surface area contributed by atoms with Crippen LogP contribution in [-0.2, 0) is 10.0 Å². The number of hydrogen-bond donors (Lipinski definition) is 3. The smallest absolute Gasteiger partial charge is 0.253 e. The molecule has 0 aromatic heterocycles. The molecule has 0 saturated carbocycles. The summed E-state index contributed by atoms with van der Waals surface area (Å²) < 4.78 is 38.2. The molecule has 1 fully saturated rings. The first-order valence-corrected chi connectivity index (χ1v) is 9.00. The standard InChI is InChI=1S/C14H20FN3O3S/c1-22(20,21)18-13-3-2-11(15)8-12(13)14(19)17-7-5-10-4-6-16-9-10/h2-3,8,10,16,18H,4-7,9H2,1H3,(H,17,19). The number of carbonyl (C=O) groups excluding carboxylic acids is 1. The van der Waals surface area contributed by atoms with E-state index in [-0.39, 0.29) is 11.3 Å². The van der Waals surface area contributed by atoms with Gasteiger partial charge in [-0.15, -0.1) is 0 Å². The van der Waals surface area contributed by atoms with E-state index in [9.17, 15) is 17.6 Å². The molecule has 2 rings (SSSR count). The number of halogens is 1. The van der Waals surface area contributed by atoms with Gasteiger partial charge in [-0.3, -0.25) is 9.52 Å². The number of sulfonamides is 1. The van der Waals surface area contributed by atoms with Gasteiger partial charge in [-0.2, -0.15) is 0 Å². The minimum Gasteiger partial charge on any atom is -0.352 e. The highest BCUT2D eigenvalue weighted by Crippen LogP contribution is 2.18. The van der Waals surface area contributed by atoms with Crippen molar-refractivity contribution in [3.8, 4) is 0 Å². The molecule has 6 nitrogen and oxygen atoms in total. The molecule has 1 aromatic rings. The minimum absolute atomic E-state index is 0.0185. The van der Waals surface area contributed by atoms with Crippen LogP contribution < -0.4 is 15.4 Å². The molecule has 8 heteroatoms. The first-order chi connectivity index (χ1) is 10.3. The maximum absolute atomic E-state index is 13.3. The number of nitrogens with one attached hydrogen (secondary N) is 3. The fourth-order valence-electron chi connectivity index (χ4n) is 2.44. The van der Waals surface area contributed by atoms with Gasteiger partial charge in [0.25, 0.3) is 5.91 Å². The summed E-state index contributed by atoms with van der Waals surface area (Å²) in [6.45, 7) is 2.40. The molecule has 0 spiro atoms. The monoisotopic (exact) mass is 329 g/mol. The Morgan fingerprint density at radius 1 is 1.45 bits per heavy atom. The molecule has 0 radical (unpaired) electrons. The number of rotatable bonds is 6. The summed E-state index contributed by atoms with van der Waals surface area (Å²) >= 11 is 0. The quantitative estimate of drug-likeness (QED) is 0.724. The predicted molar refractivity (Wildman–Crippen MR) is 82.8 cm³/mol. The normalized spacial score (nSPS) is 18.2. The van der Waals surface area contributed by atoms with E-state index in [1.807, 2.05) is 0 Å². The second-order valence-corrected chi connectivity index (χ2v) is 7.22. The zero-order chi connectivity index (χ0) is 16.2. The van der Waals surface area contributed by atoms with Crippen LogP contribution in [0.25, 0.3) is 0 Å². The summed E-state index contributed by atoms with van der Waals surface area (Å²) in [5, 5.41) is 5.96. The van der Waals surface area contributed by atoms with Gasteiger partial charge < -0.3 is 10.6 Å². The zero-order valence-corrected chi connectivity index (χ0v) is 13.2. The van der Waals surface area contributed by atoms with Gasteiger partial charge in [0, 0.05) is 6.54 Å². The van der Waals surface area contributed by atoms with E-state index in [1.54, 1.807) is 0 Å². The molecule has 1 unspecified atom stereocenters. The highest BCUT2D eigenvalue weighted by atomic mass is 32.2. The third-order valence-electron chi connectivity index (χ3n) is 3.52. The number of hydrogen-bond acceptors (Lipinski definition) is 4. The van der Waals surface area contributed by atoms with Crippen LogP contribution in [-0.4, -0.2) is 40.2 Å². The van der Waals surface area contributed by atoms with Crippen molar-refractivity contribution in [2.24, 2.45) is 5.92 Å². The molecule has 1 amide bonds. The molecule has 1 saturated heterocycles. The number of amides is 1. The van der Waals surface area contributed by atoms with Gasteiger partial charge in [-0.05, 0) is 50.0 Å². The molecule has 1 heterocycles. The van der Waals surface area contributed by atoms with Gasteiger partial charge in [0.15, 0.2) is 0 Å². The van der Waals surface area contributed by atoms with Crippen LogP contribution in [0.1, 0.15) is 23.2 Å². The second kappa shape index (κ2) is 7.06. The first-order valence-electron chi connectivity index (χ1n) is 7.11. The average molecular weight is 329 g/mol. The van der Waals surface area contributed by atoms with Gasteiger partial charge >= 0.3 is 0 Å². The second-order valence-electron chi connectivity index (χ2n) is 5.47. The van der Waals surface area contributed by atoms with E-state index >= 15 is 0 Å². The summed E-state index contributed by atoms with van der Waals surface area (Å²) in [5.74, 6) is -0.553. The summed E-state index contributed by atoms with van der Waals surface area (Å²) in [6, 6.07) is 3.38. The molecule has 1 aromatic carbocycles. The van der Waals surface area contributed by atoms with Crippen LogP contribution in [0.4, 0.5) is 10.1 Å². The minimum atomic E-state index is -3.54. The highest BCUT2D eigenvalue weighted by molar-refractivity contribution is 7.92.